The predicted octanol–water partition coefficient (Wildman–Crippen LogP) is 1.29. The molecule has 1 aromatic rings. The summed E-state index contributed by atoms with van der Waals surface area (Å²) in [6, 6.07) is 0. The van der Waals surface area contributed by atoms with Gasteiger partial charge in [0.25, 0.3) is 0 Å². The van der Waals surface area contributed by atoms with Gasteiger partial charge in [0, 0.05) is 37.8 Å². The van der Waals surface area contributed by atoms with E-state index in [0.717, 1.165) is 37.8 Å². The number of aliphatic imine (C=N–C) groups is 1. The van der Waals surface area contributed by atoms with Crippen LogP contribution in [0.3, 0.4) is 0 Å². The third kappa shape index (κ3) is 4.62. The predicted molar refractivity (Wildman–Crippen MR) is 88.9 cm³/mol. The normalized spacial score (nSPS) is 22.5. The van der Waals surface area contributed by atoms with E-state index in [2.05, 4.69) is 56.0 Å². The highest BCUT2D eigenvalue weighted by molar-refractivity contribution is 8.00. The summed E-state index contributed by atoms with van der Waals surface area (Å²) >= 11 is 2.06. The molecule has 2 N–H and O–H groups in total. The van der Waals surface area contributed by atoms with Gasteiger partial charge in [-0.25, -0.2) is 0 Å². The molecule has 21 heavy (non-hydrogen) atoms. The Bertz CT molecular complexity index is 464. The van der Waals surface area contributed by atoms with Crippen LogP contribution >= 0.6 is 11.8 Å². The van der Waals surface area contributed by atoms with Crippen LogP contribution in [0.1, 0.15) is 32.5 Å². The van der Waals surface area contributed by atoms with Gasteiger partial charge in [0.2, 0.25) is 0 Å². The fourth-order valence-corrected chi connectivity index (χ4v) is 3.75. The van der Waals surface area contributed by atoms with Crippen molar-refractivity contribution in [3.63, 3.8) is 0 Å². The molecule has 118 valence electrons. The summed E-state index contributed by atoms with van der Waals surface area (Å²) in [5.41, 5.74) is 0. The van der Waals surface area contributed by atoms with Crippen molar-refractivity contribution >= 4 is 17.7 Å². The number of thioether (sulfide) groups is 1. The van der Waals surface area contributed by atoms with Crippen molar-refractivity contribution in [2.45, 2.75) is 44.4 Å². The molecule has 0 bridgehead atoms. The molecule has 0 radical (unpaired) electrons. The molecule has 0 spiro atoms. The number of aromatic nitrogens is 3. The standard InChI is InChI=1S/C14H26N6S/c1-4-12-19-18-11-20(12)8-7-16-13(15-3)17-10-14(2)6-5-9-21-14/h11H,4-10H2,1-3H3,(H2,15,16,17). The summed E-state index contributed by atoms with van der Waals surface area (Å²) in [4.78, 5) is 4.29. The molecule has 1 unspecified atom stereocenters. The van der Waals surface area contributed by atoms with Gasteiger partial charge in [-0.15, -0.1) is 10.2 Å². The second kappa shape index (κ2) is 7.68. The van der Waals surface area contributed by atoms with Crippen molar-refractivity contribution in [3.05, 3.63) is 12.2 Å². The Kier molecular flexibility index (Phi) is 5.90. The molecule has 1 atom stereocenters. The van der Waals surface area contributed by atoms with Gasteiger partial charge in [0.05, 0.1) is 0 Å². The van der Waals surface area contributed by atoms with Gasteiger partial charge in [-0.1, -0.05) is 6.92 Å². The van der Waals surface area contributed by atoms with Crippen molar-refractivity contribution in [1.82, 2.24) is 25.4 Å². The lowest BCUT2D eigenvalue weighted by Crippen LogP contribution is -2.44. The van der Waals surface area contributed by atoms with Gasteiger partial charge in [-0.2, -0.15) is 11.8 Å². The molecule has 1 aliphatic heterocycles. The van der Waals surface area contributed by atoms with Crippen molar-refractivity contribution < 1.29 is 0 Å². The molecule has 1 aromatic heterocycles. The molecule has 1 fully saturated rings. The molecular weight excluding hydrogens is 284 g/mol. The maximum atomic E-state index is 4.29. The first-order valence-corrected chi connectivity index (χ1v) is 8.60. The number of rotatable bonds is 6. The molecule has 1 saturated heterocycles. The maximum absolute atomic E-state index is 4.29. The number of nitrogens with zero attached hydrogens (tertiary/aromatic N) is 4. The summed E-state index contributed by atoms with van der Waals surface area (Å²) in [6.45, 7) is 7.05. The lowest BCUT2D eigenvalue weighted by molar-refractivity contribution is 0.579. The zero-order valence-corrected chi connectivity index (χ0v) is 14.0. The van der Waals surface area contributed by atoms with E-state index >= 15 is 0 Å². The van der Waals surface area contributed by atoms with E-state index < -0.39 is 0 Å². The first-order valence-electron chi connectivity index (χ1n) is 7.62. The summed E-state index contributed by atoms with van der Waals surface area (Å²) in [5, 5.41) is 14.8. The highest BCUT2D eigenvalue weighted by Crippen LogP contribution is 2.36. The van der Waals surface area contributed by atoms with Gasteiger partial charge in [-0.3, -0.25) is 4.99 Å². The van der Waals surface area contributed by atoms with Crippen LogP contribution < -0.4 is 10.6 Å². The second-order valence-corrected chi connectivity index (χ2v) is 7.23. The quantitative estimate of drug-likeness (QED) is 0.612. The first kappa shape index (κ1) is 16.1. The molecule has 0 amide bonds. The third-order valence-electron chi connectivity index (χ3n) is 3.81. The largest absolute Gasteiger partial charge is 0.355 e. The average molecular weight is 310 g/mol. The topological polar surface area (TPSA) is 67.1 Å². The van der Waals surface area contributed by atoms with Crippen LogP contribution in [0.5, 0.6) is 0 Å². The van der Waals surface area contributed by atoms with Crippen LogP contribution in [0.4, 0.5) is 0 Å². The highest BCUT2D eigenvalue weighted by atomic mass is 32.2. The van der Waals surface area contributed by atoms with Crippen LogP contribution in [-0.4, -0.2) is 51.4 Å². The fraction of sp³-hybridized carbons (Fsp3) is 0.786. The number of aryl methyl sites for hydroxylation is 1. The maximum Gasteiger partial charge on any atom is 0.191 e. The van der Waals surface area contributed by atoms with E-state index in [9.17, 15) is 0 Å². The minimum absolute atomic E-state index is 0.348. The van der Waals surface area contributed by atoms with Crippen molar-refractivity contribution in [2.75, 3.05) is 25.9 Å². The van der Waals surface area contributed by atoms with Crippen LogP contribution in [-0.2, 0) is 13.0 Å². The van der Waals surface area contributed by atoms with Crippen molar-refractivity contribution in [2.24, 2.45) is 4.99 Å². The minimum atomic E-state index is 0.348. The minimum Gasteiger partial charge on any atom is -0.355 e. The Balaban J connectivity index is 1.73. The number of hydrogen-bond donors (Lipinski definition) is 2. The Hall–Kier alpha value is -1.24. The molecule has 0 saturated carbocycles. The number of nitrogens with one attached hydrogen (secondary N) is 2. The first-order chi connectivity index (χ1) is 10.2. The second-order valence-electron chi connectivity index (χ2n) is 5.55. The Morgan fingerprint density at radius 3 is 3.05 bits per heavy atom. The zero-order valence-electron chi connectivity index (χ0n) is 13.2. The Morgan fingerprint density at radius 1 is 1.52 bits per heavy atom. The Morgan fingerprint density at radius 2 is 2.38 bits per heavy atom. The van der Waals surface area contributed by atoms with Crippen molar-refractivity contribution in [1.29, 1.82) is 0 Å². The van der Waals surface area contributed by atoms with E-state index in [1.54, 1.807) is 6.33 Å². The van der Waals surface area contributed by atoms with E-state index in [4.69, 9.17) is 0 Å². The fourth-order valence-electron chi connectivity index (χ4n) is 2.50. The van der Waals surface area contributed by atoms with Crippen LogP contribution in [0.2, 0.25) is 0 Å². The monoisotopic (exact) mass is 310 g/mol. The smallest absolute Gasteiger partial charge is 0.191 e. The summed E-state index contributed by atoms with van der Waals surface area (Å²) in [6.07, 6.45) is 5.29. The van der Waals surface area contributed by atoms with Crippen LogP contribution in [0.25, 0.3) is 0 Å². The zero-order chi connectivity index (χ0) is 15.1. The SMILES string of the molecule is CCc1nncn1CCNC(=NC)NCC1(C)CCCS1. The van der Waals surface area contributed by atoms with E-state index in [-0.39, 0.29) is 0 Å². The third-order valence-corrected chi connectivity index (χ3v) is 5.35. The molecule has 7 heteroatoms. The van der Waals surface area contributed by atoms with Crippen LogP contribution in [0, 0.1) is 0 Å². The lowest BCUT2D eigenvalue weighted by Gasteiger charge is -2.24. The summed E-state index contributed by atoms with van der Waals surface area (Å²) < 4.78 is 2.43. The van der Waals surface area contributed by atoms with Gasteiger partial charge in [0.15, 0.2) is 5.96 Å². The van der Waals surface area contributed by atoms with Gasteiger partial charge in [0.1, 0.15) is 12.2 Å². The summed E-state index contributed by atoms with van der Waals surface area (Å²) in [5.74, 6) is 3.17. The lowest BCUT2D eigenvalue weighted by atomic mass is 10.1. The molecule has 0 aliphatic carbocycles. The molecule has 2 rings (SSSR count). The summed E-state index contributed by atoms with van der Waals surface area (Å²) in [7, 11) is 1.82. The van der Waals surface area contributed by atoms with Gasteiger partial charge >= 0.3 is 0 Å². The average Bonchev–Trinajstić information content (AvgIpc) is 3.11. The van der Waals surface area contributed by atoms with Crippen LogP contribution in [0.15, 0.2) is 11.3 Å². The van der Waals surface area contributed by atoms with Gasteiger partial charge < -0.3 is 15.2 Å². The molecular formula is C14H26N6S. The molecule has 1 aliphatic rings. The highest BCUT2D eigenvalue weighted by Gasteiger charge is 2.29. The molecule has 0 aromatic carbocycles. The van der Waals surface area contributed by atoms with E-state index in [1.807, 2.05) is 7.05 Å². The van der Waals surface area contributed by atoms with Crippen molar-refractivity contribution in [3.8, 4) is 0 Å². The Labute approximate surface area is 131 Å². The molecule has 6 nitrogen and oxygen atoms in total. The van der Waals surface area contributed by atoms with E-state index in [0.29, 0.717) is 4.75 Å². The number of guanidine groups is 1. The molecule has 2 heterocycles. The van der Waals surface area contributed by atoms with E-state index in [1.165, 1.54) is 18.6 Å². The van der Waals surface area contributed by atoms with Gasteiger partial charge in [-0.05, 0) is 25.5 Å². The number of hydrogen-bond acceptors (Lipinski definition) is 4.